The maximum Gasteiger partial charge on any atom is 0.266 e. The second-order valence-corrected chi connectivity index (χ2v) is 7.82. The van der Waals surface area contributed by atoms with E-state index in [4.69, 9.17) is 4.84 Å². The lowest BCUT2D eigenvalue weighted by Crippen LogP contribution is -2.37. The van der Waals surface area contributed by atoms with Crippen molar-refractivity contribution in [3.63, 3.8) is 0 Å². The van der Waals surface area contributed by atoms with Crippen molar-refractivity contribution in [1.29, 1.82) is 0 Å². The number of fused-ring (bicyclic) bond motifs is 1. The molecule has 5 rings (SSSR count). The number of imide groups is 1. The van der Waals surface area contributed by atoms with Crippen LogP contribution in [0.4, 0.5) is 11.4 Å². The van der Waals surface area contributed by atoms with Gasteiger partial charge < -0.3 is 0 Å². The molecule has 3 atom stereocenters. The number of nitrogens with zero attached hydrogens (tertiary/aromatic N) is 3. The first-order valence-corrected chi connectivity index (χ1v) is 10.00. The highest BCUT2D eigenvalue weighted by Gasteiger charge is 2.60. The Kier molecular flexibility index (Phi) is 4.41. The van der Waals surface area contributed by atoms with Gasteiger partial charge in [0.2, 0.25) is 5.91 Å². The minimum Gasteiger partial charge on any atom is -0.273 e. The second kappa shape index (κ2) is 7.09. The highest BCUT2D eigenvalue weighted by atomic mass is 79.9. The molecular weight excluding hydrogens is 434 g/mol. The first-order valence-electron chi connectivity index (χ1n) is 9.20. The van der Waals surface area contributed by atoms with E-state index in [-0.39, 0.29) is 11.8 Å². The van der Waals surface area contributed by atoms with E-state index in [1.165, 1.54) is 4.90 Å². The van der Waals surface area contributed by atoms with Gasteiger partial charge in [-0.3, -0.25) is 19.4 Å². The summed E-state index contributed by atoms with van der Waals surface area (Å²) in [6.07, 6.45) is 0.790. The molecule has 0 radical (unpaired) electrons. The number of halogens is 1. The Morgan fingerprint density at radius 1 is 0.828 bits per heavy atom. The maximum absolute atomic E-state index is 13.4. The van der Waals surface area contributed by atoms with Crippen LogP contribution in [0.1, 0.15) is 11.7 Å². The number of carbonyl (C=O) groups excluding carboxylic acids is 2. The summed E-state index contributed by atoms with van der Waals surface area (Å²) in [5.74, 6) is -1.32. The van der Waals surface area contributed by atoms with Gasteiger partial charge in [0.05, 0.1) is 17.1 Å². The Morgan fingerprint density at radius 2 is 1.55 bits per heavy atom. The fourth-order valence-corrected chi connectivity index (χ4v) is 4.17. The Bertz CT molecular complexity index is 1060. The van der Waals surface area contributed by atoms with Crippen LogP contribution in [0.15, 0.2) is 83.5 Å². The van der Waals surface area contributed by atoms with Crippen LogP contribution < -0.4 is 9.96 Å². The molecule has 6 nitrogen and oxygen atoms in total. The third-order valence-electron chi connectivity index (χ3n) is 5.20. The molecule has 2 aromatic carbocycles. The molecule has 0 unspecified atom stereocenters. The van der Waals surface area contributed by atoms with Gasteiger partial charge in [-0.1, -0.05) is 40.2 Å². The largest absolute Gasteiger partial charge is 0.273 e. The summed E-state index contributed by atoms with van der Waals surface area (Å²) >= 11 is 3.38. The van der Waals surface area contributed by atoms with Crippen molar-refractivity contribution in [3.8, 4) is 0 Å². The molecule has 7 heteroatoms. The van der Waals surface area contributed by atoms with Crippen LogP contribution in [-0.2, 0) is 14.4 Å². The van der Waals surface area contributed by atoms with Gasteiger partial charge >= 0.3 is 0 Å². The number of para-hydroxylation sites is 1. The lowest BCUT2D eigenvalue weighted by molar-refractivity contribution is -0.126. The SMILES string of the molecule is O=C1[C@H]2[C@@H](c3ccccn3)N(c3ccccc3)O[C@H]2C(=O)N1c1ccc(Br)cc1. The lowest BCUT2D eigenvalue weighted by atomic mass is 9.93. The quantitative estimate of drug-likeness (QED) is 0.567. The molecular formula is C22H16BrN3O3. The lowest BCUT2D eigenvalue weighted by Gasteiger charge is -2.28. The Morgan fingerprint density at radius 3 is 2.24 bits per heavy atom. The zero-order valence-electron chi connectivity index (χ0n) is 15.2. The Hall–Kier alpha value is -3.03. The predicted octanol–water partition coefficient (Wildman–Crippen LogP) is 3.90. The highest BCUT2D eigenvalue weighted by molar-refractivity contribution is 9.10. The molecule has 0 bridgehead atoms. The topological polar surface area (TPSA) is 62.7 Å². The number of hydrogen-bond donors (Lipinski definition) is 0. The van der Waals surface area contributed by atoms with Crippen molar-refractivity contribution >= 4 is 39.1 Å². The van der Waals surface area contributed by atoms with E-state index >= 15 is 0 Å². The Balaban J connectivity index is 1.58. The van der Waals surface area contributed by atoms with Gasteiger partial charge in [-0.2, -0.15) is 0 Å². The van der Waals surface area contributed by atoms with Gasteiger partial charge in [-0.15, -0.1) is 0 Å². The smallest absolute Gasteiger partial charge is 0.266 e. The molecule has 2 saturated heterocycles. The molecule has 3 aromatic rings. The molecule has 2 aliphatic heterocycles. The maximum atomic E-state index is 13.4. The van der Waals surface area contributed by atoms with Crippen LogP contribution >= 0.6 is 15.9 Å². The molecule has 144 valence electrons. The molecule has 3 heterocycles. The normalized spacial score (nSPS) is 23.6. The van der Waals surface area contributed by atoms with Gasteiger partial charge in [0, 0.05) is 10.7 Å². The average molecular weight is 450 g/mol. The molecule has 29 heavy (non-hydrogen) atoms. The molecule has 1 aromatic heterocycles. The number of amides is 2. The van der Waals surface area contributed by atoms with Crippen LogP contribution in [0.2, 0.25) is 0 Å². The fourth-order valence-electron chi connectivity index (χ4n) is 3.91. The summed E-state index contributed by atoms with van der Waals surface area (Å²) < 4.78 is 0.874. The van der Waals surface area contributed by atoms with Crippen molar-refractivity contribution in [2.45, 2.75) is 12.1 Å². The predicted molar refractivity (Wildman–Crippen MR) is 111 cm³/mol. The first-order chi connectivity index (χ1) is 14.1. The van der Waals surface area contributed by atoms with Crippen molar-refractivity contribution in [2.24, 2.45) is 5.92 Å². The number of hydroxylamine groups is 1. The molecule has 0 aliphatic carbocycles. The summed E-state index contributed by atoms with van der Waals surface area (Å²) in [6.45, 7) is 0. The molecule has 2 fully saturated rings. The number of rotatable bonds is 3. The summed E-state index contributed by atoms with van der Waals surface area (Å²) in [7, 11) is 0. The number of hydrogen-bond acceptors (Lipinski definition) is 5. The van der Waals surface area contributed by atoms with E-state index in [9.17, 15) is 9.59 Å². The van der Waals surface area contributed by atoms with Gasteiger partial charge in [0.25, 0.3) is 5.91 Å². The van der Waals surface area contributed by atoms with Crippen molar-refractivity contribution in [3.05, 3.63) is 89.2 Å². The van der Waals surface area contributed by atoms with Crippen LogP contribution in [-0.4, -0.2) is 22.9 Å². The zero-order chi connectivity index (χ0) is 20.0. The van der Waals surface area contributed by atoms with Gasteiger partial charge in [0.15, 0.2) is 6.10 Å². The monoisotopic (exact) mass is 449 g/mol. The number of aromatic nitrogens is 1. The summed E-state index contributed by atoms with van der Waals surface area (Å²) in [4.78, 5) is 38.3. The fraction of sp³-hybridized carbons (Fsp3) is 0.136. The van der Waals surface area contributed by atoms with Crippen LogP contribution in [0.5, 0.6) is 0 Å². The standard InChI is InChI=1S/C22H16BrN3O3/c23-14-9-11-15(12-10-14)25-21(27)18-19(17-8-4-5-13-24-17)26(29-20(18)22(25)28)16-6-2-1-3-7-16/h1-13,18-20H/t18-,19+,20+/m0/s1. The minimum absolute atomic E-state index is 0.281. The molecule has 0 N–H and O–H groups in total. The number of anilines is 2. The Labute approximate surface area is 175 Å². The highest BCUT2D eigenvalue weighted by Crippen LogP contribution is 2.47. The van der Waals surface area contributed by atoms with Crippen LogP contribution in [0, 0.1) is 5.92 Å². The van der Waals surface area contributed by atoms with E-state index in [0.29, 0.717) is 11.4 Å². The molecule has 0 spiro atoms. The van der Waals surface area contributed by atoms with Gasteiger partial charge in [-0.05, 0) is 48.5 Å². The van der Waals surface area contributed by atoms with Crippen LogP contribution in [0.3, 0.4) is 0 Å². The average Bonchev–Trinajstić information content (AvgIpc) is 3.27. The molecule has 2 amide bonds. The van der Waals surface area contributed by atoms with Crippen LogP contribution in [0.25, 0.3) is 0 Å². The van der Waals surface area contributed by atoms with Gasteiger partial charge in [0.1, 0.15) is 12.0 Å². The van der Waals surface area contributed by atoms with Gasteiger partial charge in [-0.25, -0.2) is 9.96 Å². The first kappa shape index (κ1) is 18.0. The van der Waals surface area contributed by atoms with E-state index in [2.05, 4.69) is 20.9 Å². The second-order valence-electron chi connectivity index (χ2n) is 6.90. The van der Waals surface area contributed by atoms with E-state index in [0.717, 1.165) is 10.2 Å². The number of benzene rings is 2. The third-order valence-corrected chi connectivity index (χ3v) is 5.73. The summed E-state index contributed by atoms with van der Waals surface area (Å²) in [5.41, 5.74) is 1.99. The number of pyridine rings is 1. The number of carbonyl (C=O) groups is 2. The molecule has 2 aliphatic rings. The van der Waals surface area contributed by atoms with Crippen molar-refractivity contribution in [1.82, 2.24) is 4.98 Å². The summed E-state index contributed by atoms with van der Waals surface area (Å²) in [5, 5.41) is 1.65. The minimum atomic E-state index is -0.890. The van der Waals surface area contributed by atoms with Crippen molar-refractivity contribution < 1.29 is 14.4 Å². The van der Waals surface area contributed by atoms with Crippen molar-refractivity contribution in [2.75, 3.05) is 9.96 Å². The van der Waals surface area contributed by atoms with E-state index in [1.807, 2.05) is 48.5 Å². The van der Waals surface area contributed by atoms with E-state index in [1.54, 1.807) is 35.5 Å². The third kappa shape index (κ3) is 2.94. The molecule has 0 saturated carbocycles. The summed E-state index contributed by atoms with van der Waals surface area (Å²) in [6, 6.07) is 21.6. The van der Waals surface area contributed by atoms with E-state index < -0.39 is 18.1 Å². The zero-order valence-corrected chi connectivity index (χ0v) is 16.8.